The number of unbranched alkanes of at least 4 members (excludes halogenated alkanes) is 1. The zero-order valence-electron chi connectivity index (χ0n) is 9.17. The number of hydrogen-bond acceptors (Lipinski definition) is 4. The first-order valence-electron chi connectivity index (χ1n) is 5.49. The van der Waals surface area contributed by atoms with Crippen molar-refractivity contribution in [3.05, 3.63) is 35.0 Å². The highest BCUT2D eigenvalue weighted by Gasteiger charge is 1.93. The minimum absolute atomic E-state index is 0.982. The van der Waals surface area contributed by atoms with E-state index in [-0.39, 0.29) is 0 Å². The average molecular weight is 236 g/mol. The van der Waals surface area contributed by atoms with Gasteiger partial charge in [-0.1, -0.05) is 0 Å². The summed E-state index contributed by atoms with van der Waals surface area (Å²) in [7, 11) is 0. The van der Waals surface area contributed by atoms with Crippen molar-refractivity contribution in [2.75, 3.05) is 6.54 Å². The third-order valence-electron chi connectivity index (χ3n) is 2.40. The summed E-state index contributed by atoms with van der Waals surface area (Å²) in [6.45, 7) is 3.06. The third kappa shape index (κ3) is 3.75. The molecule has 2 aromatic heterocycles. The largest absolute Gasteiger partial charge is 0.320 e. The summed E-state index contributed by atoms with van der Waals surface area (Å²) in [5.74, 6) is 0. The Kier molecular flexibility index (Phi) is 4.51. The molecule has 86 valence electrons. The van der Waals surface area contributed by atoms with Crippen LogP contribution in [0.25, 0.3) is 0 Å². The predicted octanol–water partition coefficient (Wildman–Crippen LogP) is 1.91. The molecule has 0 bridgehead atoms. The predicted molar refractivity (Wildman–Crippen MR) is 65.3 cm³/mol. The SMILES string of the molecule is c1cc(CNCCCCn2cnnc2)cs1. The summed E-state index contributed by atoms with van der Waals surface area (Å²) >= 11 is 1.75. The van der Waals surface area contributed by atoms with E-state index >= 15 is 0 Å². The Morgan fingerprint density at radius 1 is 1.25 bits per heavy atom. The molecule has 0 saturated carbocycles. The van der Waals surface area contributed by atoms with Crippen molar-refractivity contribution < 1.29 is 0 Å². The molecule has 0 aromatic carbocycles. The molecule has 0 aliphatic rings. The second kappa shape index (κ2) is 6.40. The van der Waals surface area contributed by atoms with Gasteiger partial charge in [0, 0.05) is 13.1 Å². The quantitative estimate of drug-likeness (QED) is 0.747. The smallest absolute Gasteiger partial charge is 0.119 e. The maximum absolute atomic E-state index is 3.77. The van der Waals surface area contributed by atoms with E-state index in [1.54, 1.807) is 24.0 Å². The van der Waals surface area contributed by atoms with Gasteiger partial charge >= 0.3 is 0 Å². The van der Waals surface area contributed by atoms with E-state index in [0.717, 1.165) is 26.1 Å². The van der Waals surface area contributed by atoms with E-state index in [0.29, 0.717) is 0 Å². The topological polar surface area (TPSA) is 42.7 Å². The zero-order valence-corrected chi connectivity index (χ0v) is 9.99. The van der Waals surface area contributed by atoms with E-state index in [1.807, 2.05) is 4.57 Å². The standard InChI is InChI=1S/C11H16N4S/c1(2-5-15-9-13-14-10-15)4-12-7-11-3-6-16-8-11/h3,6,8-10,12H,1-2,4-5,7H2. The normalized spacial score (nSPS) is 10.8. The van der Waals surface area contributed by atoms with Crippen molar-refractivity contribution in [3.63, 3.8) is 0 Å². The van der Waals surface area contributed by atoms with Crippen LogP contribution in [-0.2, 0) is 13.1 Å². The van der Waals surface area contributed by atoms with Crippen LogP contribution in [0.15, 0.2) is 29.5 Å². The molecular weight excluding hydrogens is 220 g/mol. The minimum Gasteiger partial charge on any atom is -0.320 e. The Morgan fingerprint density at radius 3 is 2.88 bits per heavy atom. The van der Waals surface area contributed by atoms with Crippen molar-refractivity contribution in [1.82, 2.24) is 20.1 Å². The summed E-state index contributed by atoms with van der Waals surface area (Å²) in [4.78, 5) is 0. The lowest BCUT2D eigenvalue weighted by molar-refractivity contribution is 0.567. The first-order valence-corrected chi connectivity index (χ1v) is 6.43. The summed E-state index contributed by atoms with van der Waals surface area (Å²) < 4.78 is 2.01. The van der Waals surface area contributed by atoms with Crippen LogP contribution in [0.2, 0.25) is 0 Å². The van der Waals surface area contributed by atoms with Crippen molar-refractivity contribution in [3.8, 4) is 0 Å². The number of nitrogens with one attached hydrogen (secondary N) is 1. The van der Waals surface area contributed by atoms with Crippen molar-refractivity contribution >= 4 is 11.3 Å². The molecule has 0 radical (unpaired) electrons. The van der Waals surface area contributed by atoms with Gasteiger partial charge in [0.2, 0.25) is 0 Å². The fourth-order valence-electron chi connectivity index (χ4n) is 1.51. The molecule has 4 nitrogen and oxygen atoms in total. The molecule has 2 rings (SSSR count). The monoisotopic (exact) mass is 236 g/mol. The van der Waals surface area contributed by atoms with Crippen LogP contribution in [0.1, 0.15) is 18.4 Å². The number of nitrogens with zero attached hydrogens (tertiary/aromatic N) is 3. The Bertz CT molecular complexity index is 330. The van der Waals surface area contributed by atoms with Gasteiger partial charge in [-0.15, -0.1) is 10.2 Å². The Balaban J connectivity index is 1.49. The van der Waals surface area contributed by atoms with E-state index in [1.165, 1.54) is 12.0 Å². The molecule has 0 fully saturated rings. The van der Waals surface area contributed by atoms with Crippen LogP contribution in [0.4, 0.5) is 0 Å². The van der Waals surface area contributed by atoms with Gasteiger partial charge in [0.1, 0.15) is 12.7 Å². The Morgan fingerprint density at radius 2 is 2.12 bits per heavy atom. The molecule has 2 heterocycles. The molecule has 0 unspecified atom stereocenters. The molecule has 0 aliphatic carbocycles. The van der Waals surface area contributed by atoms with E-state index in [9.17, 15) is 0 Å². The third-order valence-corrected chi connectivity index (χ3v) is 3.13. The first kappa shape index (κ1) is 11.3. The number of aryl methyl sites for hydroxylation is 1. The van der Waals surface area contributed by atoms with E-state index in [4.69, 9.17) is 0 Å². The molecule has 2 aromatic rings. The van der Waals surface area contributed by atoms with Gasteiger partial charge in [0.25, 0.3) is 0 Å². The maximum atomic E-state index is 3.77. The lowest BCUT2D eigenvalue weighted by atomic mass is 10.3. The lowest BCUT2D eigenvalue weighted by Crippen LogP contribution is -2.14. The van der Waals surface area contributed by atoms with Crippen LogP contribution in [0, 0.1) is 0 Å². The van der Waals surface area contributed by atoms with Crippen molar-refractivity contribution in [2.24, 2.45) is 0 Å². The highest BCUT2D eigenvalue weighted by Crippen LogP contribution is 2.04. The molecule has 0 atom stereocenters. The highest BCUT2D eigenvalue weighted by molar-refractivity contribution is 7.07. The number of aromatic nitrogens is 3. The molecule has 0 spiro atoms. The average Bonchev–Trinajstić information content (AvgIpc) is 2.96. The molecule has 0 aliphatic heterocycles. The fourth-order valence-corrected chi connectivity index (χ4v) is 2.18. The van der Waals surface area contributed by atoms with Crippen molar-refractivity contribution in [1.29, 1.82) is 0 Å². The van der Waals surface area contributed by atoms with Crippen LogP contribution in [0.5, 0.6) is 0 Å². The zero-order chi connectivity index (χ0) is 11.1. The first-order chi connectivity index (χ1) is 7.95. The second-order valence-electron chi connectivity index (χ2n) is 3.72. The molecule has 16 heavy (non-hydrogen) atoms. The summed E-state index contributed by atoms with van der Waals surface area (Å²) in [5, 5.41) is 15.3. The number of thiophene rings is 1. The van der Waals surface area contributed by atoms with Gasteiger partial charge in [0.05, 0.1) is 0 Å². The van der Waals surface area contributed by atoms with Crippen molar-refractivity contribution in [2.45, 2.75) is 25.9 Å². The summed E-state index contributed by atoms with van der Waals surface area (Å²) in [6, 6.07) is 2.16. The number of hydrogen-bond donors (Lipinski definition) is 1. The lowest BCUT2D eigenvalue weighted by Gasteiger charge is -2.03. The van der Waals surface area contributed by atoms with Gasteiger partial charge in [-0.05, 0) is 41.8 Å². The summed E-state index contributed by atoms with van der Waals surface area (Å²) in [5.41, 5.74) is 1.38. The molecule has 0 saturated heterocycles. The van der Waals surface area contributed by atoms with Gasteiger partial charge in [-0.3, -0.25) is 0 Å². The second-order valence-corrected chi connectivity index (χ2v) is 4.50. The van der Waals surface area contributed by atoms with E-state index in [2.05, 4.69) is 32.3 Å². The maximum Gasteiger partial charge on any atom is 0.119 e. The van der Waals surface area contributed by atoms with Gasteiger partial charge in [-0.2, -0.15) is 11.3 Å². The Labute approximate surface area is 99.3 Å². The van der Waals surface area contributed by atoms with Crippen LogP contribution < -0.4 is 5.32 Å². The van der Waals surface area contributed by atoms with Gasteiger partial charge in [0.15, 0.2) is 0 Å². The minimum atomic E-state index is 0.982. The van der Waals surface area contributed by atoms with Gasteiger partial charge < -0.3 is 9.88 Å². The van der Waals surface area contributed by atoms with Gasteiger partial charge in [-0.25, -0.2) is 0 Å². The van der Waals surface area contributed by atoms with Crippen LogP contribution in [0.3, 0.4) is 0 Å². The molecule has 5 heteroatoms. The number of rotatable bonds is 7. The molecule has 0 amide bonds. The summed E-state index contributed by atoms with van der Waals surface area (Å²) in [6.07, 6.45) is 5.87. The molecular formula is C11H16N4S. The van der Waals surface area contributed by atoms with Crippen LogP contribution >= 0.6 is 11.3 Å². The van der Waals surface area contributed by atoms with E-state index < -0.39 is 0 Å². The molecule has 1 N–H and O–H groups in total. The highest BCUT2D eigenvalue weighted by atomic mass is 32.1. The Hall–Kier alpha value is -1.20. The fraction of sp³-hybridized carbons (Fsp3) is 0.455. The van der Waals surface area contributed by atoms with Crippen LogP contribution in [-0.4, -0.2) is 21.3 Å².